The highest BCUT2D eigenvalue weighted by Crippen LogP contribution is 2.42. The molecule has 1 heterocycles. The predicted octanol–water partition coefficient (Wildman–Crippen LogP) is 2.39. The Morgan fingerprint density at radius 2 is 1.62 bits per heavy atom. The van der Waals surface area contributed by atoms with Crippen LogP contribution in [0.4, 0.5) is 13.2 Å². The number of aromatic nitrogens is 2. The molecule has 0 amide bonds. The van der Waals surface area contributed by atoms with Gasteiger partial charge in [0.15, 0.2) is 15.5 Å². The monoisotopic (exact) mass is 423 g/mol. The van der Waals surface area contributed by atoms with Crippen LogP contribution in [0.3, 0.4) is 0 Å². The fourth-order valence-electron chi connectivity index (χ4n) is 2.93. The van der Waals surface area contributed by atoms with E-state index in [4.69, 9.17) is 0 Å². The van der Waals surface area contributed by atoms with Crippen LogP contribution < -0.4 is 5.11 Å². The molecule has 0 radical (unpaired) electrons. The minimum atomic E-state index is -4.89. The van der Waals surface area contributed by atoms with Gasteiger partial charge in [-0.25, -0.2) is 8.42 Å². The van der Waals surface area contributed by atoms with Crippen LogP contribution in [0.1, 0.15) is 5.69 Å². The van der Waals surface area contributed by atoms with Crippen molar-refractivity contribution in [2.24, 2.45) is 0 Å². The summed E-state index contributed by atoms with van der Waals surface area (Å²) in [5, 5.41) is 14.9. The normalized spacial score (nSPS) is 12.1. The fraction of sp³-hybridized carbons (Fsp3) is 0.158. The summed E-state index contributed by atoms with van der Waals surface area (Å²) in [6.45, 7) is -1.09. The van der Waals surface area contributed by atoms with Gasteiger partial charge in [-0.3, -0.25) is 4.68 Å². The van der Waals surface area contributed by atoms with Gasteiger partial charge in [0.25, 0.3) is 0 Å². The third kappa shape index (κ3) is 4.32. The largest absolute Gasteiger partial charge is 0.548 e. The standard InChI is InChI=1S/C19H15F3N2O4S/c1-29(27,28)14-9-7-13(8-10-14)17-16(12-5-3-2-4-6-12)18(19(20,21)22)24(23-17)11-15(25)26/h2-10H,11H2,1H3,(H,25,26)/p-1. The molecule has 0 aliphatic rings. The van der Waals surface area contributed by atoms with E-state index in [1.807, 2.05) is 0 Å². The van der Waals surface area contributed by atoms with Gasteiger partial charge in [0.05, 0.1) is 17.4 Å². The molecule has 0 aliphatic carbocycles. The van der Waals surface area contributed by atoms with Gasteiger partial charge in [0.2, 0.25) is 0 Å². The van der Waals surface area contributed by atoms with Gasteiger partial charge in [-0.15, -0.1) is 0 Å². The number of carboxylic acid groups (broad SMARTS) is 1. The molecule has 0 saturated heterocycles. The minimum absolute atomic E-state index is 0.00674. The molecule has 152 valence electrons. The molecule has 0 fully saturated rings. The molecule has 29 heavy (non-hydrogen) atoms. The van der Waals surface area contributed by atoms with E-state index in [0.717, 1.165) is 6.26 Å². The Kier molecular flexibility index (Phi) is 5.22. The first kappa shape index (κ1) is 20.6. The maximum absolute atomic E-state index is 13.8. The van der Waals surface area contributed by atoms with Crippen LogP contribution in [0.15, 0.2) is 59.5 Å². The van der Waals surface area contributed by atoms with Crippen molar-refractivity contribution in [2.45, 2.75) is 17.6 Å². The van der Waals surface area contributed by atoms with Gasteiger partial charge >= 0.3 is 6.18 Å². The van der Waals surface area contributed by atoms with Crippen molar-refractivity contribution in [2.75, 3.05) is 6.26 Å². The van der Waals surface area contributed by atoms with Crippen molar-refractivity contribution in [3.05, 3.63) is 60.3 Å². The number of benzene rings is 2. The highest BCUT2D eigenvalue weighted by molar-refractivity contribution is 7.90. The van der Waals surface area contributed by atoms with Crippen molar-refractivity contribution >= 4 is 15.8 Å². The first-order valence-corrected chi connectivity index (χ1v) is 10.1. The number of carbonyl (C=O) groups excluding carboxylic acids is 1. The molecule has 3 rings (SSSR count). The Hall–Kier alpha value is -3.14. The number of halogens is 3. The number of hydrogen-bond acceptors (Lipinski definition) is 5. The zero-order chi connectivity index (χ0) is 21.4. The number of hydrogen-bond donors (Lipinski definition) is 0. The second-order valence-corrected chi connectivity index (χ2v) is 8.28. The molecule has 0 saturated carbocycles. The summed E-state index contributed by atoms with van der Waals surface area (Å²) in [5.74, 6) is -1.73. The second-order valence-electron chi connectivity index (χ2n) is 6.26. The number of nitrogens with zero attached hydrogens (tertiary/aromatic N) is 2. The molecular weight excluding hydrogens is 409 g/mol. The van der Waals surface area contributed by atoms with Gasteiger partial charge in [-0.1, -0.05) is 42.5 Å². The fourth-order valence-corrected chi connectivity index (χ4v) is 3.56. The maximum atomic E-state index is 13.8. The van der Waals surface area contributed by atoms with E-state index in [2.05, 4.69) is 5.10 Å². The highest BCUT2D eigenvalue weighted by Gasteiger charge is 2.40. The summed E-state index contributed by atoms with van der Waals surface area (Å²) >= 11 is 0. The number of carbonyl (C=O) groups is 1. The minimum Gasteiger partial charge on any atom is -0.548 e. The molecule has 0 bridgehead atoms. The lowest BCUT2D eigenvalue weighted by molar-refractivity contribution is -0.306. The van der Waals surface area contributed by atoms with Crippen molar-refractivity contribution in [3.8, 4) is 22.4 Å². The highest BCUT2D eigenvalue weighted by atomic mass is 32.2. The van der Waals surface area contributed by atoms with Crippen LogP contribution >= 0.6 is 0 Å². The Morgan fingerprint density at radius 1 is 1.03 bits per heavy atom. The molecule has 0 N–H and O–H groups in total. The molecule has 1 aromatic heterocycles. The van der Waals surface area contributed by atoms with Crippen LogP contribution in [-0.2, 0) is 27.4 Å². The summed E-state index contributed by atoms with van der Waals surface area (Å²) in [5.41, 5.74) is -1.25. The summed E-state index contributed by atoms with van der Waals surface area (Å²) in [7, 11) is -3.50. The quantitative estimate of drug-likeness (QED) is 0.628. The number of aliphatic carboxylic acids is 1. The Morgan fingerprint density at radius 3 is 2.10 bits per heavy atom. The number of rotatable bonds is 5. The Labute approximate surface area is 164 Å². The average Bonchev–Trinajstić information content (AvgIpc) is 3.00. The van der Waals surface area contributed by atoms with Crippen molar-refractivity contribution in [1.29, 1.82) is 0 Å². The summed E-state index contributed by atoms with van der Waals surface area (Å²) in [6.07, 6.45) is -3.88. The molecule has 10 heteroatoms. The maximum Gasteiger partial charge on any atom is 0.433 e. The predicted molar refractivity (Wildman–Crippen MR) is 96.2 cm³/mol. The number of carboxylic acids is 1. The lowest BCUT2D eigenvalue weighted by atomic mass is 9.98. The van der Waals surface area contributed by atoms with Crippen molar-refractivity contribution in [3.63, 3.8) is 0 Å². The SMILES string of the molecule is CS(=O)(=O)c1ccc(-c2nn(CC(=O)[O-])c(C(F)(F)F)c2-c2ccccc2)cc1. The number of sulfone groups is 1. The lowest BCUT2D eigenvalue weighted by Crippen LogP contribution is -2.30. The topological polar surface area (TPSA) is 92.1 Å². The first-order chi connectivity index (χ1) is 13.5. The van der Waals surface area contributed by atoms with Gasteiger partial charge in [-0.05, 0) is 17.7 Å². The molecule has 6 nitrogen and oxygen atoms in total. The van der Waals surface area contributed by atoms with Gasteiger partial charge < -0.3 is 9.90 Å². The lowest BCUT2D eigenvalue weighted by Gasteiger charge is -2.13. The third-order valence-electron chi connectivity index (χ3n) is 4.12. The second kappa shape index (κ2) is 7.36. The summed E-state index contributed by atoms with van der Waals surface area (Å²) < 4.78 is 65.1. The van der Waals surface area contributed by atoms with Crippen LogP contribution in [0.25, 0.3) is 22.4 Å². The van der Waals surface area contributed by atoms with E-state index in [-0.39, 0.29) is 27.3 Å². The van der Waals surface area contributed by atoms with E-state index in [0.29, 0.717) is 4.68 Å². The van der Waals surface area contributed by atoms with Crippen LogP contribution in [-0.4, -0.2) is 30.4 Å². The van der Waals surface area contributed by atoms with E-state index in [1.54, 1.807) is 18.2 Å². The van der Waals surface area contributed by atoms with Crippen molar-refractivity contribution in [1.82, 2.24) is 9.78 Å². The summed E-state index contributed by atoms with van der Waals surface area (Å²) in [6, 6.07) is 12.8. The third-order valence-corrected chi connectivity index (χ3v) is 5.25. The molecule has 0 atom stereocenters. The average molecular weight is 423 g/mol. The Balaban J connectivity index is 2.31. The smallest absolute Gasteiger partial charge is 0.433 e. The molecular formula is C19H14F3N2O4S-. The Bertz CT molecular complexity index is 1150. The van der Waals surface area contributed by atoms with Crippen LogP contribution in [0, 0.1) is 0 Å². The molecule has 3 aromatic rings. The van der Waals surface area contributed by atoms with E-state index < -0.39 is 34.2 Å². The van der Waals surface area contributed by atoms with Gasteiger partial charge in [-0.2, -0.15) is 18.3 Å². The first-order valence-electron chi connectivity index (χ1n) is 8.22. The molecule has 0 unspecified atom stereocenters. The van der Waals surface area contributed by atoms with Crippen LogP contribution in [0.2, 0.25) is 0 Å². The van der Waals surface area contributed by atoms with E-state index in [1.165, 1.54) is 36.4 Å². The molecule has 2 aromatic carbocycles. The number of alkyl halides is 3. The van der Waals surface area contributed by atoms with Crippen LogP contribution in [0.5, 0.6) is 0 Å². The van der Waals surface area contributed by atoms with E-state index in [9.17, 15) is 31.5 Å². The molecule has 0 spiro atoms. The molecule has 0 aliphatic heterocycles. The zero-order valence-corrected chi connectivity index (χ0v) is 15.8. The van der Waals surface area contributed by atoms with E-state index >= 15 is 0 Å². The zero-order valence-electron chi connectivity index (χ0n) is 15.0. The van der Waals surface area contributed by atoms with Gasteiger partial charge in [0.1, 0.15) is 5.69 Å². The van der Waals surface area contributed by atoms with Crippen molar-refractivity contribution < 1.29 is 31.5 Å². The van der Waals surface area contributed by atoms with Gasteiger partial charge in [0, 0.05) is 17.4 Å². The summed E-state index contributed by atoms with van der Waals surface area (Å²) in [4.78, 5) is 11.0.